The van der Waals surface area contributed by atoms with Crippen LogP contribution in [0.1, 0.15) is 19.2 Å². The fraction of sp³-hybridized carbons (Fsp3) is 0.312. The van der Waals surface area contributed by atoms with E-state index in [0.717, 1.165) is 16.4 Å². The third-order valence-corrected chi connectivity index (χ3v) is 3.71. The maximum atomic E-state index is 11.2. The van der Waals surface area contributed by atoms with Crippen LogP contribution in [0.4, 0.5) is 5.82 Å². The molecule has 2 heterocycles. The molecule has 0 unspecified atom stereocenters. The highest BCUT2D eigenvalue weighted by molar-refractivity contribution is 6.06. The predicted octanol–water partition coefficient (Wildman–Crippen LogP) is 1.58. The van der Waals surface area contributed by atoms with Crippen LogP contribution in [0.2, 0.25) is 0 Å². The Hall–Kier alpha value is -2.67. The number of hydrogen-bond donors (Lipinski definition) is 2. The Labute approximate surface area is 133 Å². The summed E-state index contributed by atoms with van der Waals surface area (Å²) in [6.45, 7) is 3.27. The van der Waals surface area contributed by atoms with Crippen LogP contribution in [0.5, 0.6) is 0 Å². The van der Waals surface area contributed by atoms with E-state index >= 15 is 0 Å². The van der Waals surface area contributed by atoms with Gasteiger partial charge in [-0.05, 0) is 13.0 Å². The van der Waals surface area contributed by atoms with E-state index in [2.05, 4.69) is 9.97 Å². The third-order valence-electron chi connectivity index (χ3n) is 3.71. The number of aromatic nitrogens is 3. The first-order chi connectivity index (χ1) is 11.1. The predicted molar refractivity (Wildman–Crippen MR) is 88.6 cm³/mol. The minimum absolute atomic E-state index is 0.223. The van der Waals surface area contributed by atoms with Gasteiger partial charge in [0.25, 0.3) is 0 Å². The topological polar surface area (TPSA) is 109 Å². The Bertz CT molecular complexity index is 872. The average Bonchev–Trinajstić information content (AvgIpc) is 2.90. The lowest BCUT2D eigenvalue weighted by Gasteiger charge is -2.10. The zero-order valence-corrected chi connectivity index (χ0v) is 13.0. The number of pyridine rings is 1. The molecule has 0 spiro atoms. The molecule has 4 N–H and O–H groups in total. The van der Waals surface area contributed by atoms with E-state index in [0.29, 0.717) is 36.9 Å². The van der Waals surface area contributed by atoms with Gasteiger partial charge in [0.1, 0.15) is 17.9 Å². The van der Waals surface area contributed by atoms with Crippen molar-refractivity contribution in [2.75, 3.05) is 12.3 Å². The second kappa shape index (κ2) is 6.21. The van der Waals surface area contributed by atoms with Gasteiger partial charge >= 0.3 is 0 Å². The molecule has 7 nitrogen and oxygen atoms in total. The van der Waals surface area contributed by atoms with Gasteiger partial charge in [-0.1, -0.05) is 18.2 Å². The zero-order valence-electron chi connectivity index (χ0n) is 13.0. The number of imidazole rings is 1. The SMILES string of the molecule is CCOCc1nc2c(N)nc3ccccc3c2n1CCC(N)=O. The van der Waals surface area contributed by atoms with Crippen molar-refractivity contribution in [1.82, 2.24) is 14.5 Å². The molecule has 3 aromatic rings. The molecule has 120 valence electrons. The van der Waals surface area contributed by atoms with Crippen LogP contribution in [0.15, 0.2) is 24.3 Å². The normalized spacial score (nSPS) is 11.3. The first kappa shape index (κ1) is 15.2. The molecular formula is C16H19N5O2. The molecule has 3 rings (SSSR count). The number of carbonyl (C=O) groups is 1. The van der Waals surface area contributed by atoms with Crippen molar-refractivity contribution in [2.45, 2.75) is 26.5 Å². The highest BCUT2D eigenvalue weighted by Gasteiger charge is 2.17. The van der Waals surface area contributed by atoms with Crippen molar-refractivity contribution in [3.05, 3.63) is 30.1 Å². The Morgan fingerprint density at radius 2 is 2.09 bits per heavy atom. The van der Waals surface area contributed by atoms with Crippen LogP contribution in [-0.4, -0.2) is 27.0 Å². The van der Waals surface area contributed by atoms with Crippen LogP contribution in [0, 0.1) is 0 Å². The first-order valence-corrected chi connectivity index (χ1v) is 7.51. The third kappa shape index (κ3) is 2.83. The smallest absolute Gasteiger partial charge is 0.219 e. The fourth-order valence-electron chi connectivity index (χ4n) is 2.67. The van der Waals surface area contributed by atoms with E-state index < -0.39 is 0 Å². The van der Waals surface area contributed by atoms with Gasteiger partial charge in [-0.3, -0.25) is 4.79 Å². The Morgan fingerprint density at radius 3 is 2.83 bits per heavy atom. The quantitative estimate of drug-likeness (QED) is 0.718. The molecule has 0 aliphatic carbocycles. The number of fused-ring (bicyclic) bond motifs is 3. The Balaban J connectivity index is 2.25. The van der Waals surface area contributed by atoms with Crippen LogP contribution in [0.25, 0.3) is 21.9 Å². The molecule has 1 aromatic carbocycles. The summed E-state index contributed by atoms with van der Waals surface area (Å²) in [6.07, 6.45) is 0.223. The molecule has 0 saturated carbocycles. The number of aryl methyl sites for hydroxylation is 1. The number of rotatable bonds is 6. The molecule has 0 atom stereocenters. The van der Waals surface area contributed by atoms with E-state index in [1.54, 1.807) is 0 Å². The number of primary amides is 1. The summed E-state index contributed by atoms with van der Waals surface area (Å²) in [5.41, 5.74) is 13.7. The molecule has 0 fully saturated rings. The maximum absolute atomic E-state index is 11.2. The number of para-hydroxylation sites is 1. The number of benzene rings is 1. The van der Waals surface area contributed by atoms with E-state index in [4.69, 9.17) is 16.2 Å². The highest BCUT2D eigenvalue weighted by atomic mass is 16.5. The van der Waals surface area contributed by atoms with Gasteiger partial charge in [-0.15, -0.1) is 0 Å². The van der Waals surface area contributed by atoms with E-state index in [9.17, 15) is 4.79 Å². The lowest BCUT2D eigenvalue weighted by atomic mass is 10.2. The molecular weight excluding hydrogens is 294 g/mol. The van der Waals surface area contributed by atoms with E-state index in [-0.39, 0.29) is 12.3 Å². The standard InChI is InChI=1S/C16H19N5O2/c1-2-23-9-13-20-14-15(21(13)8-7-12(17)22)10-5-3-4-6-11(10)19-16(14)18/h3-6H,2,7-9H2,1H3,(H2,17,22)(H2,18,19). The summed E-state index contributed by atoms with van der Waals surface area (Å²) >= 11 is 0. The summed E-state index contributed by atoms with van der Waals surface area (Å²) in [6, 6.07) is 7.72. The van der Waals surface area contributed by atoms with Crippen LogP contribution in [0.3, 0.4) is 0 Å². The molecule has 0 saturated heterocycles. The largest absolute Gasteiger partial charge is 0.382 e. The first-order valence-electron chi connectivity index (χ1n) is 7.51. The number of nitrogens with two attached hydrogens (primary N) is 2. The van der Waals surface area contributed by atoms with Crippen molar-refractivity contribution in [3.8, 4) is 0 Å². The second-order valence-electron chi connectivity index (χ2n) is 5.24. The number of amides is 1. The minimum atomic E-state index is -0.361. The van der Waals surface area contributed by atoms with Gasteiger partial charge in [0.05, 0.1) is 11.0 Å². The number of hydrogen-bond acceptors (Lipinski definition) is 5. The van der Waals surface area contributed by atoms with Gasteiger partial charge < -0.3 is 20.8 Å². The van der Waals surface area contributed by atoms with Gasteiger partial charge in [-0.2, -0.15) is 0 Å². The lowest BCUT2D eigenvalue weighted by Crippen LogP contribution is -2.15. The Morgan fingerprint density at radius 1 is 1.30 bits per heavy atom. The van der Waals surface area contributed by atoms with Gasteiger partial charge in [0.15, 0.2) is 5.82 Å². The molecule has 1 amide bonds. The van der Waals surface area contributed by atoms with Crippen molar-refractivity contribution in [1.29, 1.82) is 0 Å². The van der Waals surface area contributed by atoms with Crippen molar-refractivity contribution >= 4 is 33.7 Å². The number of nitrogen functional groups attached to an aromatic ring is 1. The zero-order chi connectivity index (χ0) is 16.4. The van der Waals surface area contributed by atoms with Crippen LogP contribution in [-0.2, 0) is 22.7 Å². The summed E-state index contributed by atoms with van der Waals surface area (Å²) in [7, 11) is 0. The van der Waals surface area contributed by atoms with Crippen molar-refractivity contribution in [3.63, 3.8) is 0 Å². The molecule has 7 heteroatoms. The maximum Gasteiger partial charge on any atom is 0.219 e. The van der Waals surface area contributed by atoms with Crippen LogP contribution >= 0.6 is 0 Å². The lowest BCUT2D eigenvalue weighted by molar-refractivity contribution is -0.118. The summed E-state index contributed by atoms with van der Waals surface area (Å²) in [5.74, 6) is 0.725. The minimum Gasteiger partial charge on any atom is -0.382 e. The molecule has 23 heavy (non-hydrogen) atoms. The van der Waals surface area contributed by atoms with Crippen LogP contribution < -0.4 is 11.5 Å². The summed E-state index contributed by atoms with van der Waals surface area (Å²) in [4.78, 5) is 20.2. The second-order valence-corrected chi connectivity index (χ2v) is 5.24. The van der Waals surface area contributed by atoms with E-state index in [1.807, 2.05) is 35.8 Å². The number of carbonyl (C=O) groups excluding carboxylic acids is 1. The monoisotopic (exact) mass is 313 g/mol. The molecule has 0 bridgehead atoms. The van der Waals surface area contributed by atoms with Crippen molar-refractivity contribution in [2.24, 2.45) is 5.73 Å². The fourth-order valence-corrected chi connectivity index (χ4v) is 2.67. The van der Waals surface area contributed by atoms with Crippen molar-refractivity contribution < 1.29 is 9.53 Å². The molecule has 0 radical (unpaired) electrons. The number of anilines is 1. The Kier molecular flexibility index (Phi) is 4.12. The number of nitrogens with zero attached hydrogens (tertiary/aromatic N) is 3. The van der Waals surface area contributed by atoms with E-state index in [1.165, 1.54) is 0 Å². The van der Waals surface area contributed by atoms with Gasteiger partial charge in [0.2, 0.25) is 5.91 Å². The van der Waals surface area contributed by atoms with Gasteiger partial charge in [-0.25, -0.2) is 9.97 Å². The van der Waals surface area contributed by atoms with Gasteiger partial charge in [0, 0.05) is 25.0 Å². The molecule has 2 aromatic heterocycles. The molecule has 0 aliphatic rings. The highest BCUT2D eigenvalue weighted by Crippen LogP contribution is 2.29. The number of ether oxygens (including phenoxy) is 1. The summed E-state index contributed by atoms with van der Waals surface area (Å²) in [5, 5.41) is 0.941. The molecule has 0 aliphatic heterocycles. The summed E-state index contributed by atoms with van der Waals surface area (Å²) < 4.78 is 7.44. The average molecular weight is 313 g/mol.